The van der Waals surface area contributed by atoms with Crippen LogP contribution in [0.1, 0.15) is 42.9 Å². The number of methoxy groups -OCH3 is 1. The molecule has 0 saturated carbocycles. The van der Waals surface area contributed by atoms with Gasteiger partial charge in [-0.15, -0.1) is 0 Å². The van der Waals surface area contributed by atoms with Gasteiger partial charge in [-0.1, -0.05) is 35.9 Å². The van der Waals surface area contributed by atoms with Crippen LogP contribution in [0, 0.1) is 5.92 Å². The summed E-state index contributed by atoms with van der Waals surface area (Å²) in [5.74, 6) is 0.0844. The molecule has 0 radical (unpaired) electrons. The van der Waals surface area contributed by atoms with Crippen molar-refractivity contribution >= 4 is 27.5 Å². The Balaban J connectivity index is 1.41. The molecule has 0 bridgehead atoms. The van der Waals surface area contributed by atoms with Crippen LogP contribution in [0.2, 0.25) is 5.02 Å². The molecule has 8 heteroatoms. The molecule has 31 heavy (non-hydrogen) atoms. The number of amides is 1. The van der Waals surface area contributed by atoms with Gasteiger partial charge in [-0.25, -0.2) is 8.42 Å². The summed E-state index contributed by atoms with van der Waals surface area (Å²) in [6.45, 7) is 0.578. The molecule has 1 aliphatic carbocycles. The van der Waals surface area contributed by atoms with Gasteiger partial charge in [0.1, 0.15) is 10.6 Å². The molecule has 2 aliphatic rings. The van der Waals surface area contributed by atoms with Gasteiger partial charge in [0, 0.05) is 24.0 Å². The molecule has 1 atom stereocenters. The number of nitrogens with one attached hydrogen (secondary N) is 1. The number of ether oxygens (including phenoxy) is 1. The molecule has 1 unspecified atom stereocenters. The largest absolute Gasteiger partial charge is 0.495 e. The molecular weight excluding hydrogens is 436 g/mol. The molecule has 1 N–H and O–H groups in total. The third-order valence-corrected chi connectivity index (χ3v) is 8.41. The maximum atomic E-state index is 13.1. The fourth-order valence-corrected chi connectivity index (χ4v) is 6.43. The lowest BCUT2D eigenvalue weighted by molar-refractivity contribution is -0.127. The molecule has 1 amide bonds. The quantitative estimate of drug-likeness (QED) is 0.730. The standard InChI is InChI=1S/C23H27ClN2O4S/c1-30-21-10-9-18(24)15-22(21)31(28,29)26-13-11-17(12-14-26)23(27)25-20-8-4-6-16-5-2-3-7-19(16)20/h2-3,5,7,9-10,15,17,20H,4,6,8,11-14H2,1H3,(H,25,27). The molecule has 6 nitrogen and oxygen atoms in total. The van der Waals surface area contributed by atoms with Gasteiger partial charge >= 0.3 is 0 Å². The maximum absolute atomic E-state index is 13.1. The van der Waals surface area contributed by atoms with Crippen LogP contribution in [0.5, 0.6) is 5.75 Å². The summed E-state index contributed by atoms with van der Waals surface area (Å²) in [5.41, 5.74) is 2.51. The van der Waals surface area contributed by atoms with E-state index >= 15 is 0 Å². The number of sulfonamides is 1. The van der Waals surface area contributed by atoms with Crippen molar-refractivity contribution in [2.24, 2.45) is 5.92 Å². The fourth-order valence-electron chi connectivity index (χ4n) is 4.54. The molecule has 0 aromatic heterocycles. The van der Waals surface area contributed by atoms with Gasteiger partial charge < -0.3 is 10.1 Å². The molecule has 0 spiro atoms. The second-order valence-corrected chi connectivity index (χ2v) is 10.5. The van der Waals surface area contributed by atoms with E-state index in [-0.39, 0.29) is 41.6 Å². The normalized spacial score (nSPS) is 20.1. The summed E-state index contributed by atoms with van der Waals surface area (Å²) < 4.78 is 32.9. The van der Waals surface area contributed by atoms with E-state index in [4.69, 9.17) is 16.3 Å². The van der Waals surface area contributed by atoms with Gasteiger partial charge in [-0.2, -0.15) is 4.31 Å². The van der Waals surface area contributed by atoms with Crippen LogP contribution in [0.25, 0.3) is 0 Å². The Bertz CT molecular complexity index is 1060. The topological polar surface area (TPSA) is 75.7 Å². The number of fused-ring (bicyclic) bond motifs is 1. The van der Waals surface area contributed by atoms with E-state index in [0.717, 1.165) is 19.3 Å². The molecular formula is C23H27ClN2O4S. The minimum absolute atomic E-state index is 0.0130. The number of rotatable bonds is 5. The molecule has 2 aromatic carbocycles. The van der Waals surface area contributed by atoms with Crippen LogP contribution in [-0.2, 0) is 21.2 Å². The number of nitrogens with zero attached hydrogens (tertiary/aromatic N) is 1. The van der Waals surface area contributed by atoms with Crippen molar-refractivity contribution in [3.8, 4) is 5.75 Å². The summed E-state index contributed by atoms with van der Waals surface area (Å²) in [7, 11) is -2.32. The zero-order chi connectivity index (χ0) is 22.0. The Morgan fingerprint density at radius 1 is 1.13 bits per heavy atom. The molecule has 1 heterocycles. The number of hydrogen-bond acceptors (Lipinski definition) is 4. The van der Waals surface area contributed by atoms with E-state index in [1.807, 2.05) is 12.1 Å². The minimum atomic E-state index is -3.75. The average molecular weight is 463 g/mol. The first-order valence-corrected chi connectivity index (χ1v) is 12.4. The van der Waals surface area contributed by atoms with Crippen molar-refractivity contribution in [1.29, 1.82) is 0 Å². The summed E-state index contributed by atoms with van der Waals surface area (Å²) in [6.07, 6.45) is 4.01. The molecule has 4 rings (SSSR count). The molecule has 1 fully saturated rings. The number of carbonyl (C=O) groups is 1. The first-order chi connectivity index (χ1) is 14.9. The Morgan fingerprint density at radius 2 is 1.87 bits per heavy atom. The predicted molar refractivity (Wildman–Crippen MR) is 120 cm³/mol. The number of halogens is 1. The van der Waals surface area contributed by atoms with Crippen LogP contribution in [0.4, 0.5) is 0 Å². The summed E-state index contributed by atoms with van der Waals surface area (Å²) >= 11 is 6.02. The van der Waals surface area contributed by atoms with Crippen molar-refractivity contribution in [1.82, 2.24) is 9.62 Å². The van der Waals surface area contributed by atoms with E-state index in [0.29, 0.717) is 17.9 Å². The zero-order valence-electron chi connectivity index (χ0n) is 17.5. The van der Waals surface area contributed by atoms with Gasteiger partial charge in [-0.3, -0.25) is 4.79 Å². The van der Waals surface area contributed by atoms with Crippen molar-refractivity contribution in [3.05, 3.63) is 58.6 Å². The van der Waals surface area contributed by atoms with Crippen LogP contribution in [-0.4, -0.2) is 38.8 Å². The van der Waals surface area contributed by atoms with Crippen molar-refractivity contribution in [2.75, 3.05) is 20.2 Å². The number of piperidine rings is 1. The number of carbonyl (C=O) groups excluding carboxylic acids is 1. The van der Waals surface area contributed by atoms with Gasteiger partial charge in [0.05, 0.1) is 13.2 Å². The van der Waals surface area contributed by atoms with Crippen LogP contribution in [0.15, 0.2) is 47.4 Å². The second kappa shape index (κ2) is 9.18. The highest BCUT2D eigenvalue weighted by Crippen LogP contribution is 2.33. The fraction of sp³-hybridized carbons (Fsp3) is 0.435. The minimum Gasteiger partial charge on any atom is -0.495 e. The molecule has 1 aliphatic heterocycles. The van der Waals surface area contributed by atoms with Crippen molar-refractivity contribution in [2.45, 2.75) is 43.0 Å². The Kier molecular flexibility index (Phi) is 6.55. The van der Waals surface area contributed by atoms with E-state index in [1.54, 1.807) is 12.1 Å². The summed E-state index contributed by atoms with van der Waals surface area (Å²) in [5, 5.41) is 3.55. The van der Waals surface area contributed by atoms with Gasteiger partial charge in [0.2, 0.25) is 15.9 Å². The van der Waals surface area contributed by atoms with Gasteiger partial charge in [0.15, 0.2) is 0 Å². The van der Waals surface area contributed by atoms with E-state index < -0.39 is 10.0 Å². The first kappa shape index (κ1) is 22.1. The first-order valence-electron chi connectivity index (χ1n) is 10.6. The number of aryl methyl sites for hydroxylation is 1. The van der Waals surface area contributed by atoms with Gasteiger partial charge in [-0.05, 0) is 61.4 Å². The highest BCUT2D eigenvalue weighted by molar-refractivity contribution is 7.89. The third-order valence-electron chi connectivity index (χ3n) is 6.25. The van der Waals surface area contributed by atoms with Crippen LogP contribution >= 0.6 is 11.6 Å². The highest BCUT2D eigenvalue weighted by atomic mass is 35.5. The summed E-state index contributed by atoms with van der Waals surface area (Å²) in [6, 6.07) is 12.9. The monoisotopic (exact) mass is 462 g/mol. The predicted octanol–water partition coefficient (Wildman–Crippen LogP) is 3.94. The lowest BCUT2D eigenvalue weighted by atomic mass is 9.87. The van der Waals surface area contributed by atoms with E-state index in [2.05, 4.69) is 17.4 Å². The lowest BCUT2D eigenvalue weighted by Gasteiger charge is -2.33. The molecule has 2 aromatic rings. The number of hydrogen-bond donors (Lipinski definition) is 1. The van der Waals surface area contributed by atoms with Gasteiger partial charge in [0.25, 0.3) is 0 Å². The van der Waals surface area contributed by atoms with E-state index in [1.165, 1.54) is 28.6 Å². The highest BCUT2D eigenvalue weighted by Gasteiger charge is 2.34. The Labute approximate surface area is 188 Å². The van der Waals surface area contributed by atoms with Crippen molar-refractivity contribution in [3.63, 3.8) is 0 Å². The van der Waals surface area contributed by atoms with Crippen LogP contribution < -0.4 is 10.1 Å². The summed E-state index contributed by atoms with van der Waals surface area (Å²) in [4.78, 5) is 13.0. The van der Waals surface area contributed by atoms with Crippen LogP contribution in [0.3, 0.4) is 0 Å². The maximum Gasteiger partial charge on any atom is 0.246 e. The zero-order valence-corrected chi connectivity index (χ0v) is 19.1. The Morgan fingerprint density at radius 3 is 2.61 bits per heavy atom. The molecule has 166 valence electrons. The third kappa shape index (κ3) is 4.59. The Hall–Kier alpha value is -2.09. The van der Waals surface area contributed by atoms with Crippen molar-refractivity contribution < 1.29 is 17.9 Å². The number of benzene rings is 2. The lowest BCUT2D eigenvalue weighted by Crippen LogP contribution is -2.44. The van der Waals surface area contributed by atoms with E-state index in [9.17, 15) is 13.2 Å². The second-order valence-electron chi connectivity index (χ2n) is 8.13. The molecule has 1 saturated heterocycles. The average Bonchev–Trinajstić information content (AvgIpc) is 2.79. The smallest absolute Gasteiger partial charge is 0.246 e. The SMILES string of the molecule is COc1ccc(Cl)cc1S(=O)(=O)N1CCC(C(=O)NC2CCCc3ccccc32)CC1.